The molecule has 14 heavy (non-hydrogen) atoms. The van der Waals surface area contributed by atoms with E-state index < -0.39 is 0 Å². The number of esters is 1. The second-order valence-corrected chi connectivity index (χ2v) is 3.13. The van der Waals surface area contributed by atoms with Crippen molar-refractivity contribution >= 4 is 19.3 Å². The maximum absolute atomic E-state index is 11.4. The van der Waals surface area contributed by atoms with Crippen molar-refractivity contribution in [2.24, 2.45) is 0 Å². The third-order valence-corrected chi connectivity index (χ3v) is 2.13. The second-order valence-electron chi connectivity index (χ2n) is 3.13. The highest BCUT2D eigenvalue weighted by Gasteiger charge is 2.13. The third kappa shape index (κ3) is 1.89. The first-order valence-corrected chi connectivity index (χ1v) is 4.33. The summed E-state index contributed by atoms with van der Waals surface area (Å²) in [5.41, 5.74) is 2.36. The summed E-state index contributed by atoms with van der Waals surface area (Å²) in [5.74, 6) is 0.454. The molecule has 0 aliphatic heterocycles. The van der Waals surface area contributed by atoms with Crippen LogP contribution in [0.1, 0.15) is 15.9 Å². The minimum Gasteiger partial charge on any atom is -0.497 e. The fourth-order valence-electron chi connectivity index (χ4n) is 1.47. The fraction of sp³-hybridized carbons (Fsp3) is 0.300. The predicted molar refractivity (Wildman–Crippen MR) is 57.2 cm³/mol. The topological polar surface area (TPSA) is 35.5 Å². The van der Waals surface area contributed by atoms with Gasteiger partial charge in [-0.25, -0.2) is 4.79 Å². The van der Waals surface area contributed by atoms with Crippen LogP contribution in [-0.2, 0) is 4.74 Å². The number of rotatable bonds is 2. The molecule has 74 valence electrons. The van der Waals surface area contributed by atoms with Gasteiger partial charge in [-0.1, -0.05) is 5.46 Å². The highest BCUT2D eigenvalue weighted by atomic mass is 16.5. The Morgan fingerprint density at radius 1 is 1.36 bits per heavy atom. The first-order chi connectivity index (χ1) is 6.60. The van der Waals surface area contributed by atoms with E-state index >= 15 is 0 Å². The quantitative estimate of drug-likeness (QED) is 0.490. The molecule has 0 aliphatic carbocycles. The van der Waals surface area contributed by atoms with Crippen LogP contribution in [0.15, 0.2) is 12.1 Å². The van der Waals surface area contributed by atoms with Gasteiger partial charge < -0.3 is 9.47 Å². The molecular formula is C10H13BO3. The maximum atomic E-state index is 11.4. The van der Waals surface area contributed by atoms with Gasteiger partial charge in [0.25, 0.3) is 0 Å². The molecular weight excluding hydrogens is 179 g/mol. The van der Waals surface area contributed by atoms with E-state index in [9.17, 15) is 4.79 Å². The van der Waals surface area contributed by atoms with Crippen molar-refractivity contribution < 1.29 is 14.3 Å². The van der Waals surface area contributed by atoms with Gasteiger partial charge in [0.05, 0.1) is 19.8 Å². The second kappa shape index (κ2) is 4.18. The summed E-state index contributed by atoms with van der Waals surface area (Å²) in [6.07, 6.45) is 0. The number of ether oxygens (including phenoxy) is 2. The molecule has 3 nitrogen and oxygen atoms in total. The Morgan fingerprint density at radius 2 is 2.00 bits per heavy atom. The summed E-state index contributed by atoms with van der Waals surface area (Å²) in [6, 6.07) is 3.64. The lowest BCUT2D eigenvalue weighted by Crippen LogP contribution is -2.19. The Hall–Kier alpha value is -1.45. The summed E-state index contributed by atoms with van der Waals surface area (Å²) in [4.78, 5) is 11.4. The van der Waals surface area contributed by atoms with Crippen LogP contribution in [-0.4, -0.2) is 28.0 Å². The molecule has 0 N–H and O–H groups in total. The van der Waals surface area contributed by atoms with Crippen molar-refractivity contribution in [2.75, 3.05) is 14.2 Å². The van der Waals surface area contributed by atoms with E-state index in [1.807, 2.05) is 26.9 Å². The minimum absolute atomic E-state index is 0.303. The van der Waals surface area contributed by atoms with Crippen molar-refractivity contribution in [1.82, 2.24) is 0 Å². The molecule has 0 fully saturated rings. The maximum Gasteiger partial charge on any atom is 0.337 e. The Labute approximate surface area is 84.4 Å². The smallest absolute Gasteiger partial charge is 0.337 e. The SMILES string of the molecule is Bc1cc(OC)cc(C)c1C(=O)OC. The normalized spacial score (nSPS) is 9.64. The van der Waals surface area contributed by atoms with E-state index in [1.54, 1.807) is 7.11 Å². The van der Waals surface area contributed by atoms with E-state index in [0.717, 1.165) is 16.8 Å². The molecule has 0 heterocycles. The lowest BCUT2D eigenvalue weighted by atomic mass is 9.87. The molecule has 0 unspecified atom stereocenters. The van der Waals surface area contributed by atoms with Gasteiger partial charge in [-0.05, 0) is 24.6 Å². The van der Waals surface area contributed by atoms with Crippen molar-refractivity contribution in [3.8, 4) is 5.75 Å². The van der Waals surface area contributed by atoms with Crippen LogP contribution in [0.5, 0.6) is 5.75 Å². The standard InChI is InChI=1S/C10H13BO3/c1-6-4-7(13-2)5-8(11)9(6)10(12)14-3/h4-5H,11H2,1-3H3. The minimum atomic E-state index is -0.303. The van der Waals surface area contributed by atoms with Gasteiger partial charge >= 0.3 is 5.97 Å². The van der Waals surface area contributed by atoms with Gasteiger partial charge in [-0.3, -0.25) is 0 Å². The van der Waals surface area contributed by atoms with Crippen LogP contribution in [0.4, 0.5) is 0 Å². The van der Waals surface area contributed by atoms with E-state index in [-0.39, 0.29) is 5.97 Å². The van der Waals surface area contributed by atoms with Crippen LogP contribution in [0.2, 0.25) is 0 Å². The van der Waals surface area contributed by atoms with E-state index in [2.05, 4.69) is 0 Å². The highest BCUT2D eigenvalue weighted by molar-refractivity contribution is 6.36. The summed E-state index contributed by atoms with van der Waals surface area (Å²) in [6.45, 7) is 1.86. The Balaban J connectivity index is 3.25. The number of carbonyl (C=O) groups excluding carboxylic acids is 1. The highest BCUT2D eigenvalue weighted by Crippen LogP contribution is 2.15. The zero-order valence-corrected chi connectivity index (χ0v) is 8.88. The fourth-order valence-corrected chi connectivity index (χ4v) is 1.47. The number of benzene rings is 1. The van der Waals surface area contributed by atoms with Crippen LogP contribution < -0.4 is 10.2 Å². The zero-order chi connectivity index (χ0) is 10.7. The molecule has 1 aromatic carbocycles. The first kappa shape index (κ1) is 10.6. The summed E-state index contributed by atoms with van der Waals surface area (Å²) in [7, 11) is 4.85. The van der Waals surface area contributed by atoms with E-state index in [4.69, 9.17) is 9.47 Å². The van der Waals surface area contributed by atoms with Gasteiger partial charge in [0.15, 0.2) is 0 Å². The van der Waals surface area contributed by atoms with Crippen molar-refractivity contribution in [3.63, 3.8) is 0 Å². The lowest BCUT2D eigenvalue weighted by Gasteiger charge is -2.10. The Bertz CT molecular complexity index is 337. The molecule has 0 atom stereocenters. The predicted octanol–water partition coefficient (Wildman–Crippen LogP) is 0.0486. The van der Waals surface area contributed by atoms with Crippen LogP contribution in [0, 0.1) is 6.92 Å². The van der Waals surface area contributed by atoms with Crippen molar-refractivity contribution in [1.29, 1.82) is 0 Å². The van der Waals surface area contributed by atoms with Gasteiger partial charge in [0.1, 0.15) is 13.6 Å². The average Bonchev–Trinajstić information content (AvgIpc) is 2.16. The lowest BCUT2D eigenvalue weighted by molar-refractivity contribution is 0.0601. The van der Waals surface area contributed by atoms with Crippen molar-refractivity contribution in [3.05, 3.63) is 23.3 Å². The molecule has 0 aliphatic rings. The molecule has 0 aromatic heterocycles. The van der Waals surface area contributed by atoms with Gasteiger partial charge in [-0.2, -0.15) is 0 Å². The van der Waals surface area contributed by atoms with Crippen molar-refractivity contribution in [2.45, 2.75) is 6.92 Å². The molecule has 0 saturated carbocycles. The molecule has 0 bridgehead atoms. The van der Waals surface area contributed by atoms with E-state index in [0.29, 0.717) is 5.56 Å². The average molecular weight is 192 g/mol. The molecule has 4 heteroatoms. The Morgan fingerprint density at radius 3 is 2.43 bits per heavy atom. The summed E-state index contributed by atoms with van der Waals surface area (Å²) in [5, 5.41) is 0. The summed E-state index contributed by atoms with van der Waals surface area (Å²) >= 11 is 0. The number of methoxy groups -OCH3 is 2. The van der Waals surface area contributed by atoms with Gasteiger partial charge in [-0.15, -0.1) is 0 Å². The monoisotopic (exact) mass is 192 g/mol. The molecule has 1 rings (SSSR count). The molecule has 0 spiro atoms. The number of carbonyl (C=O) groups is 1. The van der Waals surface area contributed by atoms with Crippen LogP contribution in [0.25, 0.3) is 0 Å². The Kier molecular flexibility index (Phi) is 3.17. The molecule has 0 amide bonds. The number of aryl methyl sites for hydroxylation is 1. The molecule has 1 aromatic rings. The number of hydrogen-bond donors (Lipinski definition) is 0. The summed E-state index contributed by atoms with van der Waals surface area (Å²) < 4.78 is 9.78. The van der Waals surface area contributed by atoms with Crippen LogP contribution >= 0.6 is 0 Å². The molecule has 0 radical (unpaired) electrons. The zero-order valence-electron chi connectivity index (χ0n) is 8.88. The third-order valence-electron chi connectivity index (χ3n) is 2.13. The van der Waals surface area contributed by atoms with E-state index in [1.165, 1.54) is 7.11 Å². The largest absolute Gasteiger partial charge is 0.497 e. The molecule has 0 saturated heterocycles. The van der Waals surface area contributed by atoms with Crippen LogP contribution in [0.3, 0.4) is 0 Å². The van der Waals surface area contributed by atoms with Gasteiger partial charge in [0, 0.05) is 0 Å². The first-order valence-electron chi connectivity index (χ1n) is 4.33. The van der Waals surface area contributed by atoms with Gasteiger partial charge in [0.2, 0.25) is 0 Å². The number of hydrogen-bond acceptors (Lipinski definition) is 3.